The maximum Gasteiger partial charge on any atom is 0.334 e. The first-order chi connectivity index (χ1) is 9.87. The van der Waals surface area contributed by atoms with Crippen LogP contribution in [0.4, 0.5) is 4.39 Å². The van der Waals surface area contributed by atoms with Gasteiger partial charge in [-0.3, -0.25) is 0 Å². The first-order valence-corrected chi connectivity index (χ1v) is 7.35. The fraction of sp³-hybridized carbons (Fsp3) is 0.333. The molecule has 21 heavy (non-hydrogen) atoms. The summed E-state index contributed by atoms with van der Waals surface area (Å²) in [7, 11) is -4.17. The van der Waals surface area contributed by atoms with Crippen molar-refractivity contribution in [1.29, 1.82) is 5.26 Å². The van der Waals surface area contributed by atoms with E-state index in [-0.39, 0.29) is 19.7 Å². The second-order valence-corrected chi connectivity index (χ2v) is 6.19. The van der Waals surface area contributed by atoms with Gasteiger partial charge >= 0.3 is 5.97 Å². The largest absolute Gasteiger partial charge is 0.479 e. The van der Waals surface area contributed by atoms with Gasteiger partial charge in [0.25, 0.3) is 0 Å². The van der Waals surface area contributed by atoms with Gasteiger partial charge in [-0.2, -0.15) is 9.57 Å². The highest BCUT2D eigenvalue weighted by Crippen LogP contribution is 2.23. The summed E-state index contributed by atoms with van der Waals surface area (Å²) in [5.74, 6) is -2.23. The molecule has 1 aromatic rings. The molecule has 1 aliphatic rings. The number of carbonyl (C=O) groups is 1. The molecule has 0 aromatic heterocycles. The van der Waals surface area contributed by atoms with Crippen LogP contribution in [0.3, 0.4) is 0 Å². The summed E-state index contributed by atoms with van der Waals surface area (Å²) < 4.78 is 44.2. The van der Waals surface area contributed by atoms with E-state index in [1.807, 2.05) is 0 Å². The van der Waals surface area contributed by atoms with Gasteiger partial charge in [-0.1, -0.05) is 6.07 Å². The van der Waals surface area contributed by atoms with Crippen LogP contribution in [0.5, 0.6) is 0 Å². The number of hydrogen-bond donors (Lipinski definition) is 1. The zero-order valence-corrected chi connectivity index (χ0v) is 11.5. The molecule has 1 aliphatic heterocycles. The van der Waals surface area contributed by atoms with E-state index in [0.717, 1.165) is 16.4 Å². The molecular weight excluding hydrogens is 303 g/mol. The van der Waals surface area contributed by atoms with Crippen molar-refractivity contribution >= 4 is 16.0 Å². The SMILES string of the molecule is N#Cc1c(F)cccc1S(=O)(=O)N1CCOC(C(=O)O)C1. The molecule has 1 atom stereocenters. The summed E-state index contributed by atoms with van der Waals surface area (Å²) >= 11 is 0. The van der Waals surface area contributed by atoms with Gasteiger partial charge in [0.05, 0.1) is 13.2 Å². The normalized spacial score (nSPS) is 19.9. The molecule has 1 N–H and O–H groups in total. The van der Waals surface area contributed by atoms with E-state index < -0.39 is 38.4 Å². The average molecular weight is 314 g/mol. The lowest BCUT2D eigenvalue weighted by molar-refractivity contribution is -0.153. The Kier molecular flexibility index (Phi) is 4.22. The Morgan fingerprint density at radius 3 is 2.86 bits per heavy atom. The summed E-state index contributed by atoms with van der Waals surface area (Å²) in [6.07, 6.45) is -1.28. The quantitative estimate of drug-likeness (QED) is 0.852. The topological polar surface area (TPSA) is 108 Å². The number of ether oxygens (including phenoxy) is 1. The Hall–Kier alpha value is -2.02. The average Bonchev–Trinajstić information content (AvgIpc) is 2.47. The highest BCUT2D eigenvalue weighted by molar-refractivity contribution is 7.89. The Morgan fingerprint density at radius 1 is 1.52 bits per heavy atom. The maximum atomic E-state index is 13.5. The predicted octanol–water partition coefficient (Wildman–Crippen LogP) is 0.171. The van der Waals surface area contributed by atoms with Gasteiger partial charge in [0.1, 0.15) is 22.3 Å². The van der Waals surface area contributed by atoms with Crippen LogP contribution in [0.25, 0.3) is 0 Å². The van der Waals surface area contributed by atoms with E-state index in [9.17, 15) is 17.6 Å². The van der Waals surface area contributed by atoms with Crippen molar-refractivity contribution in [2.75, 3.05) is 19.7 Å². The summed E-state index contributed by atoms with van der Waals surface area (Å²) in [6.45, 7) is -0.542. The third-order valence-corrected chi connectivity index (χ3v) is 4.92. The van der Waals surface area contributed by atoms with Gasteiger partial charge in [0.15, 0.2) is 6.10 Å². The molecule has 0 amide bonds. The molecule has 0 aliphatic carbocycles. The van der Waals surface area contributed by atoms with E-state index in [1.54, 1.807) is 0 Å². The van der Waals surface area contributed by atoms with Gasteiger partial charge in [-0.05, 0) is 12.1 Å². The number of halogens is 1. The second kappa shape index (κ2) is 5.77. The number of carboxylic acid groups (broad SMARTS) is 1. The smallest absolute Gasteiger partial charge is 0.334 e. The number of benzene rings is 1. The number of hydrogen-bond acceptors (Lipinski definition) is 5. The van der Waals surface area contributed by atoms with E-state index in [2.05, 4.69) is 0 Å². The number of aliphatic carboxylic acids is 1. The maximum absolute atomic E-state index is 13.5. The lowest BCUT2D eigenvalue weighted by Crippen LogP contribution is -2.48. The van der Waals surface area contributed by atoms with Crippen LogP contribution in [0.1, 0.15) is 5.56 Å². The number of carboxylic acids is 1. The first-order valence-electron chi connectivity index (χ1n) is 5.91. The molecule has 1 heterocycles. The van der Waals surface area contributed by atoms with Gasteiger partial charge in [0, 0.05) is 6.54 Å². The number of morpholine rings is 1. The number of nitriles is 1. The van der Waals surface area contributed by atoms with Gasteiger partial charge in [-0.25, -0.2) is 17.6 Å². The van der Waals surface area contributed by atoms with Crippen LogP contribution in [-0.2, 0) is 19.6 Å². The molecule has 0 bridgehead atoms. The van der Waals surface area contributed by atoms with E-state index in [1.165, 1.54) is 12.1 Å². The van der Waals surface area contributed by atoms with Crippen molar-refractivity contribution in [2.45, 2.75) is 11.0 Å². The highest BCUT2D eigenvalue weighted by atomic mass is 32.2. The standard InChI is InChI=1S/C12H11FN2O5S/c13-9-2-1-3-11(8(9)6-14)21(18,19)15-4-5-20-10(7-15)12(16)17/h1-3,10H,4-5,7H2,(H,16,17). The molecule has 9 heteroatoms. The van der Waals surface area contributed by atoms with Crippen LogP contribution in [0.15, 0.2) is 23.1 Å². The highest BCUT2D eigenvalue weighted by Gasteiger charge is 2.35. The minimum absolute atomic E-state index is 0.0620. The third-order valence-electron chi connectivity index (χ3n) is 3.01. The number of sulfonamides is 1. The van der Waals surface area contributed by atoms with E-state index >= 15 is 0 Å². The lowest BCUT2D eigenvalue weighted by atomic mass is 10.2. The van der Waals surface area contributed by atoms with E-state index in [4.69, 9.17) is 15.1 Å². The Bertz CT molecular complexity index is 713. The molecule has 1 saturated heterocycles. The summed E-state index contributed by atoms with van der Waals surface area (Å²) in [4.78, 5) is 10.4. The Balaban J connectivity index is 2.41. The van der Waals surface area contributed by atoms with Crippen molar-refractivity contribution in [1.82, 2.24) is 4.31 Å². The molecule has 2 rings (SSSR count). The summed E-state index contributed by atoms with van der Waals surface area (Å²) in [5, 5.41) is 17.8. The van der Waals surface area contributed by atoms with Crippen molar-refractivity contribution in [3.05, 3.63) is 29.6 Å². The fourth-order valence-corrected chi connectivity index (χ4v) is 3.54. The fourth-order valence-electron chi connectivity index (χ4n) is 1.96. The van der Waals surface area contributed by atoms with Crippen molar-refractivity contribution in [3.8, 4) is 6.07 Å². The Morgan fingerprint density at radius 2 is 2.24 bits per heavy atom. The van der Waals surface area contributed by atoms with Crippen LogP contribution in [-0.4, -0.2) is 49.6 Å². The van der Waals surface area contributed by atoms with Crippen molar-refractivity contribution in [3.63, 3.8) is 0 Å². The monoisotopic (exact) mass is 314 g/mol. The summed E-state index contributed by atoms with van der Waals surface area (Å²) in [6, 6.07) is 4.79. The summed E-state index contributed by atoms with van der Waals surface area (Å²) in [5.41, 5.74) is -0.587. The molecule has 7 nitrogen and oxygen atoms in total. The molecule has 0 saturated carbocycles. The second-order valence-electron chi connectivity index (χ2n) is 4.29. The first kappa shape index (κ1) is 15.4. The molecule has 1 unspecified atom stereocenters. The molecule has 1 aromatic carbocycles. The van der Waals surface area contributed by atoms with Crippen LogP contribution >= 0.6 is 0 Å². The third kappa shape index (κ3) is 2.87. The molecule has 0 spiro atoms. The van der Waals surface area contributed by atoms with Crippen molar-refractivity contribution in [2.24, 2.45) is 0 Å². The predicted molar refractivity (Wildman–Crippen MR) is 67.2 cm³/mol. The molecular formula is C12H11FN2O5S. The molecule has 112 valence electrons. The van der Waals surface area contributed by atoms with Crippen LogP contribution < -0.4 is 0 Å². The van der Waals surface area contributed by atoms with E-state index in [0.29, 0.717) is 0 Å². The van der Waals surface area contributed by atoms with Crippen molar-refractivity contribution < 1.29 is 27.4 Å². The number of nitrogens with zero attached hydrogens (tertiary/aromatic N) is 2. The minimum Gasteiger partial charge on any atom is -0.479 e. The Labute approximate surface area is 120 Å². The van der Waals surface area contributed by atoms with Crippen LogP contribution in [0, 0.1) is 17.1 Å². The van der Waals surface area contributed by atoms with Gasteiger partial charge in [0.2, 0.25) is 10.0 Å². The van der Waals surface area contributed by atoms with Gasteiger partial charge < -0.3 is 9.84 Å². The van der Waals surface area contributed by atoms with Crippen LogP contribution in [0.2, 0.25) is 0 Å². The lowest BCUT2D eigenvalue weighted by Gasteiger charge is -2.30. The molecule has 1 fully saturated rings. The molecule has 0 radical (unpaired) electrons. The zero-order chi connectivity index (χ0) is 15.6. The number of rotatable bonds is 3. The zero-order valence-electron chi connectivity index (χ0n) is 10.7. The van der Waals surface area contributed by atoms with Gasteiger partial charge in [-0.15, -0.1) is 0 Å². The minimum atomic E-state index is -4.17.